The highest BCUT2D eigenvalue weighted by molar-refractivity contribution is 6.11. The third-order valence-electron chi connectivity index (χ3n) is 4.55. The van der Waals surface area contributed by atoms with Gasteiger partial charge in [-0.25, -0.2) is 0 Å². The summed E-state index contributed by atoms with van der Waals surface area (Å²) in [6.07, 6.45) is 0.868. The van der Waals surface area contributed by atoms with Gasteiger partial charge in [-0.3, -0.25) is 4.79 Å². The second kappa shape index (κ2) is 5.64. The Morgan fingerprint density at radius 2 is 1.83 bits per heavy atom. The molecular weight excluding hydrogens is 300 g/mol. The number of nitrogens with zero attached hydrogens (tertiary/aromatic N) is 2. The minimum Gasteiger partial charge on any atom is -0.360 e. The Morgan fingerprint density at radius 3 is 2.62 bits per heavy atom. The highest BCUT2D eigenvalue weighted by atomic mass is 16.5. The highest BCUT2D eigenvalue weighted by Gasteiger charge is 2.34. The van der Waals surface area contributed by atoms with Crippen molar-refractivity contribution in [1.29, 1.82) is 0 Å². The van der Waals surface area contributed by atoms with Crippen molar-refractivity contribution in [2.45, 2.75) is 26.3 Å². The normalized spacial score (nSPS) is 16.2. The molecule has 4 rings (SSSR count). The number of carbonyl (C=O) groups is 1. The SMILES string of the molecule is Cc1onc(-c2ccccc2)c1C(=O)N1c2ccccc2C[C@@H]1C. The number of rotatable bonds is 2. The first-order chi connectivity index (χ1) is 11.7. The lowest BCUT2D eigenvalue weighted by atomic mass is 10.0. The lowest BCUT2D eigenvalue weighted by molar-refractivity contribution is 0.0980. The first-order valence-electron chi connectivity index (χ1n) is 8.10. The quantitative estimate of drug-likeness (QED) is 0.710. The number of aromatic nitrogens is 1. The first kappa shape index (κ1) is 14.7. The maximum absolute atomic E-state index is 13.3. The van der Waals surface area contributed by atoms with Gasteiger partial charge in [0.15, 0.2) is 0 Å². The second-order valence-corrected chi connectivity index (χ2v) is 6.19. The molecule has 0 fully saturated rings. The molecule has 2 aromatic carbocycles. The molecule has 0 saturated heterocycles. The van der Waals surface area contributed by atoms with Crippen LogP contribution in [-0.2, 0) is 6.42 Å². The molecule has 0 saturated carbocycles. The number of carbonyl (C=O) groups excluding carboxylic acids is 1. The van der Waals surface area contributed by atoms with E-state index in [1.54, 1.807) is 6.92 Å². The van der Waals surface area contributed by atoms with E-state index in [0.29, 0.717) is 17.0 Å². The maximum Gasteiger partial charge on any atom is 0.264 e. The lowest BCUT2D eigenvalue weighted by Gasteiger charge is -2.22. The Labute approximate surface area is 140 Å². The number of fused-ring (bicyclic) bond motifs is 1. The predicted molar refractivity (Wildman–Crippen MR) is 93.1 cm³/mol. The minimum atomic E-state index is -0.0509. The van der Waals surface area contributed by atoms with E-state index in [1.165, 1.54) is 5.56 Å². The van der Waals surface area contributed by atoms with Gasteiger partial charge in [0.25, 0.3) is 5.91 Å². The minimum absolute atomic E-state index is 0.0509. The van der Waals surface area contributed by atoms with Crippen molar-refractivity contribution < 1.29 is 9.32 Å². The summed E-state index contributed by atoms with van der Waals surface area (Å²) in [5, 5.41) is 4.14. The van der Waals surface area contributed by atoms with Crippen molar-refractivity contribution in [3.63, 3.8) is 0 Å². The van der Waals surface area contributed by atoms with Crippen molar-refractivity contribution >= 4 is 11.6 Å². The average molecular weight is 318 g/mol. The molecular formula is C20H18N2O2. The van der Waals surface area contributed by atoms with Crippen LogP contribution in [0.15, 0.2) is 59.1 Å². The van der Waals surface area contributed by atoms with E-state index in [4.69, 9.17) is 4.52 Å². The van der Waals surface area contributed by atoms with Crippen molar-refractivity contribution in [1.82, 2.24) is 5.16 Å². The van der Waals surface area contributed by atoms with Crippen LogP contribution in [0.4, 0.5) is 5.69 Å². The van der Waals surface area contributed by atoms with E-state index < -0.39 is 0 Å². The summed E-state index contributed by atoms with van der Waals surface area (Å²) in [4.78, 5) is 15.2. The van der Waals surface area contributed by atoms with Crippen molar-refractivity contribution in [3.8, 4) is 11.3 Å². The zero-order chi connectivity index (χ0) is 16.7. The van der Waals surface area contributed by atoms with Crippen LogP contribution in [0.3, 0.4) is 0 Å². The number of para-hydroxylation sites is 1. The third kappa shape index (κ3) is 2.22. The first-order valence-corrected chi connectivity index (χ1v) is 8.10. The number of hydrogen-bond acceptors (Lipinski definition) is 3. The number of amides is 1. The number of benzene rings is 2. The van der Waals surface area contributed by atoms with Crippen LogP contribution in [0.25, 0.3) is 11.3 Å². The molecule has 0 bridgehead atoms. The molecule has 120 valence electrons. The van der Waals surface area contributed by atoms with E-state index in [1.807, 2.05) is 53.4 Å². The fourth-order valence-corrected chi connectivity index (χ4v) is 3.41. The number of aryl methyl sites for hydroxylation is 1. The second-order valence-electron chi connectivity index (χ2n) is 6.19. The Hall–Kier alpha value is -2.88. The van der Waals surface area contributed by atoms with Crippen molar-refractivity contribution in [2.75, 3.05) is 4.90 Å². The zero-order valence-corrected chi connectivity index (χ0v) is 13.7. The van der Waals surface area contributed by atoms with Crippen LogP contribution in [0.5, 0.6) is 0 Å². The molecule has 1 aromatic heterocycles. The Morgan fingerprint density at radius 1 is 1.12 bits per heavy atom. The van der Waals surface area contributed by atoms with Gasteiger partial charge in [0.1, 0.15) is 17.0 Å². The van der Waals surface area contributed by atoms with Crippen LogP contribution in [-0.4, -0.2) is 17.1 Å². The van der Waals surface area contributed by atoms with Gasteiger partial charge in [0.2, 0.25) is 0 Å². The van der Waals surface area contributed by atoms with Gasteiger partial charge in [0.05, 0.1) is 0 Å². The topological polar surface area (TPSA) is 46.3 Å². The van der Waals surface area contributed by atoms with Crippen LogP contribution >= 0.6 is 0 Å². The molecule has 1 aliphatic rings. The Bertz CT molecular complexity index is 899. The van der Waals surface area contributed by atoms with Gasteiger partial charge in [-0.1, -0.05) is 53.7 Å². The zero-order valence-electron chi connectivity index (χ0n) is 13.7. The van der Waals surface area contributed by atoms with Gasteiger partial charge >= 0.3 is 0 Å². The maximum atomic E-state index is 13.3. The van der Waals surface area contributed by atoms with E-state index >= 15 is 0 Å². The lowest BCUT2D eigenvalue weighted by Crippen LogP contribution is -2.36. The Kier molecular flexibility index (Phi) is 3.45. The summed E-state index contributed by atoms with van der Waals surface area (Å²) in [6.45, 7) is 3.86. The van der Waals surface area contributed by atoms with Crippen molar-refractivity contribution in [2.24, 2.45) is 0 Å². The molecule has 0 unspecified atom stereocenters. The largest absolute Gasteiger partial charge is 0.360 e. The van der Waals surface area contributed by atoms with Crippen molar-refractivity contribution in [3.05, 3.63) is 71.5 Å². The molecule has 0 spiro atoms. The van der Waals surface area contributed by atoms with Gasteiger partial charge in [-0.15, -0.1) is 0 Å². The fourth-order valence-electron chi connectivity index (χ4n) is 3.41. The summed E-state index contributed by atoms with van der Waals surface area (Å²) < 4.78 is 5.36. The van der Waals surface area contributed by atoms with Gasteiger partial charge in [-0.2, -0.15) is 0 Å². The smallest absolute Gasteiger partial charge is 0.264 e. The average Bonchev–Trinajstić information content (AvgIpc) is 3.14. The summed E-state index contributed by atoms with van der Waals surface area (Å²) in [6, 6.07) is 17.9. The van der Waals surface area contributed by atoms with E-state index in [9.17, 15) is 4.79 Å². The van der Waals surface area contributed by atoms with E-state index in [0.717, 1.165) is 17.7 Å². The molecule has 1 aliphatic heterocycles. The molecule has 0 radical (unpaired) electrons. The monoisotopic (exact) mass is 318 g/mol. The van der Waals surface area contributed by atoms with Crippen LogP contribution in [0, 0.1) is 6.92 Å². The summed E-state index contributed by atoms with van der Waals surface area (Å²) >= 11 is 0. The number of anilines is 1. The predicted octanol–water partition coefficient (Wildman–Crippen LogP) is 4.24. The number of hydrogen-bond donors (Lipinski definition) is 0. The van der Waals surface area contributed by atoms with E-state index in [-0.39, 0.29) is 11.9 Å². The standard InChI is InChI=1S/C20H18N2O2/c1-13-12-16-10-6-7-11-17(16)22(13)20(23)18-14(2)24-21-19(18)15-8-4-3-5-9-15/h3-11,13H,12H2,1-2H3/t13-/m0/s1. The summed E-state index contributed by atoms with van der Waals surface area (Å²) in [5.41, 5.74) is 4.22. The molecule has 0 N–H and O–H groups in total. The highest BCUT2D eigenvalue weighted by Crippen LogP contribution is 2.35. The Balaban J connectivity index is 1.81. The van der Waals surface area contributed by atoms with Crippen LogP contribution < -0.4 is 4.90 Å². The third-order valence-corrected chi connectivity index (χ3v) is 4.55. The van der Waals surface area contributed by atoms with Gasteiger partial charge in [0, 0.05) is 17.3 Å². The molecule has 24 heavy (non-hydrogen) atoms. The molecule has 3 aromatic rings. The summed E-state index contributed by atoms with van der Waals surface area (Å²) in [5.74, 6) is 0.500. The molecule has 1 atom stereocenters. The summed E-state index contributed by atoms with van der Waals surface area (Å²) in [7, 11) is 0. The molecule has 4 nitrogen and oxygen atoms in total. The molecule has 1 amide bonds. The fraction of sp³-hybridized carbons (Fsp3) is 0.200. The molecule has 0 aliphatic carbocycles. The van der Waals surface area contributed by atoms with Crippen LogP contribution in [0.1, 0.15) is 28.6 Å². The van der Waals surface area contributed by atoms with Gasteiger partial charge < -0.3 is 9.42 Å². The van der Waals surface area contributed by atoms with Crippen LogP contribution in [0.2, 0.25) is 0 Å². The van der Waals surface area contributed by atoms with Gasteiger partial charge in [-0.05, 0) is 31.9 Å². The molecule has 2 heterocycles. The molecule has 4 heteroatoms. The van der Waals surface area contributed by atoms with E-state index in [2.05, 4.69) is 18.1 Å².